The predicted molar refractivity (Wildman–Crippen MR) is 105 cm³/mol. The molecule has 1 N–H and O–H groups in total. The Labute approximate surface area is 167 Å². The van der Waals surface area contributed by atoms with E-state index in [1.807, 2.05) is 24.3 Å². The van der Waals surface area contributed by atoms with Crippen LogP contribution in [-0.2, 0) is 4.74 Å². The molecule has 1 aliphatic carbocycles. The third kappa shape index (κ3) is 2.95. The Bertz CT molecular complexity index is 1060. The Kier molecular flexibility index (Phi) is 4.08. The van der Waals surface area contributed by atoms with Crippen molar-refractivity contribution in [3.8, 4) is 11.1 Å². The van der Waals surface area contributed by atoms with Gasteiger partial charge in [0.1, 0.15) is 6.61 Å². The van der Waals surface area contributed by atoms with Crippen LogP contribution in [0, 0.1) is 0 Å². The Balaban J connectivity index is 1.22. The number of benzene rings is 2. The number of amides is 1. The quantitative estimate of drug-likeness (QED) is 0.739. The molecule has 146 valence electrons. The summed E-state index contributed by atoms with van der Waals surface area (Å²) in [6.45, 7) is 1.20. The van der Waals surface area contributed by atoms with E-state index >= 15 is 0 Å². The van der Waals surface area contributed by atoms with E-state index in [0.717, 1.165) is 0 Å². The van der Waals surface area contributed by atoms with Crippen molar-refractivity contribution >= 4 is 12.1 Å². The lowest BCUT2D eigenvalue weighted by molar-refractivity contribution is 0.0516. The Hall–Kier alpha value is -3.61. The number of aromatic nitrogens is 2. The predicted octanol–water partition coefficient (Wildman–Crippen LogP) is 3.39. The highest BCUT2D eigenvalue weighted by molar-refractivity contribution is 5.85. The topological polar surface area (TPSA) is 84.7 Å². The molecule has 2 heterocycles. The molecular formula is C22H19N3O4. The summed E-state index contributed by atoms with van der Waals surface area (Å²) in [6, 6.07) is 17.9. The van der Waals surface area contributed by atoms with Crippen molar-refractivity contribution in [3.05, 3.63) is 77.6 Å². The van der Waals surface area contributed by atoms with Crippen LogP contribution in [0.2, 0.25) is 0 Å². The lowest BCUT2D eigenvalue weighted by Crippen LogP contribution is -2.51. The zero-order chi connectivity index (χ0) is 20.0. The number of nitrogens with zero attached hydrogens (tertiary/aromatic N) is 3. The van der Waals surface area contributed by atoms with Gasteiger partial charge >= 0.3 is 12.1 Å². The summed E-state index contributed by atoms with van der Waals surface area (Å²) in [5.41, 5.74) is 4.76. The van der Waals surface area contributed by atoms with E-state index in [-0.39, 0.29) is 23.7 Å². The van der Waals surface area contributed by atoms with Crippen molar-refractivity contribution in [2.45, 2.75) is 12.0 Å². The third-order valence-electron chi connectivity index (χ3n) is 5.66. The Morgan fingerprint density at radius 3 is 2.21 bits per heavy atom. The summed E-state index contributed by atoms with van der Waals surface area (Å²) in [5, 5.41) is 13.0. The largest absolute Gasteiger partial charge is 0.476 e. The fourth-order valence-electron chi connectivity index (χ4n) is 4.11. The molecule has 0 atom stereocenters. The second-order valence-corrected chi connectivity index (χ2v) is 7.35. The number of hydrogen-bond donors (Lipinski definition) is 1. The normalized spacial score (nSPS) is 15.5. The van der Waals surface area contributed by atoms with Gasteiger partial charge in [-0.25, -0.2) is 9.59 Å². The van der Waals surface area contributed by atoms with Gasteiger partial charge in [-0.1, -0.05) is 48.5 Å². The highest BCUT2D eigenvalue weighted by Gasteiger charge is 2.35. The van der Waals surface area contributed by atoms with Crippen LogP contribution in [0.1, 0.15) is 33.6 Å². The van der Waals surface area contributed by atoms with Gasteiger partial charge in [0.25, 0.3) is 0 Å². The van der Waals surface area contributed by atoms with Crippen LogP contribution in [0.15, 0.2) is 60.8 Å². The number of carbonyl (C=O) groups is 2. The van der Waals surface area contributed by atoms with Gasteiger partial charge < -0.3 is 14.7 Å². The number of fused-ring (bicyclic) bond motifs is 3. The molecule has 1 fully saturated rings. The standard InChI is InChI=1S/C22H19N3O4/c26-21(27)20-9-10-25(23-20)14-11-24(12-14)22(28)29-13-19-17-7-3-1-5-15(17)16-6-2-4-8-18(16)19/h1-10,14,19H,11-13H2,(H,26,27). The van der Waals surface area contributed by atoms with Crippen molar-refractivity contribution < 1.29 is 19.4 Å². The first-order chi connectivity index (χ1) is 14.1. The number of carboxylic acid groups (broad SMARTS) is 1. The van der Waals surface area contributed by atoms with Crippen LogP contribution in [0.25, 0.3) is 11.1 Å². The number of aromatic carboxylic acids is 1. The maximum absolute atomic E-state index is 12.5. The van der Waals surface area contributed by atoms with E-state index in [0.29, 0.717) is 19.7 Å². The van der Waals surface area contributed by atoms with Gasteiger partial charge in [-0.2, -0.15) is 5.10 Å². The maximum atomic E-state index is 12.5. The van der Waals surface area contributed by atoms with Crippen LogP contribution in [0.4, 0.5) is 4.79 Å². The van der Waals surface area contributed by atoms with Crippen LogP contribution >= 0.6 is 0 Å². The molecule has 0 bridgehead atoms. The van der Waals surface area contributed by atoms with Gasteiger partial charge in [0, 0.05) is 25.2 Å². The minimum absolute atomic E-state index is 0.00425. The van der Waals surface area contributed by atoms with Crippen LogP contribution < -0.4 is 0 Å². The van der Waals surface area contributed by atoms with Crippen molar-refractivity contribution in [3.63, 3.8) is 0 Å². The van der Waals surface area contributed by atoms with Gasteiger partial charge in [-0.3, -0.25) is 4.68 Å². The van der Waals surface area contributed by atoms with Crippen molar-refractivity contribution in [2.24, 2.45) is 0 Å². The summed E-state index contributed by atoms with van der Waals surface area (Å²) in [4.78, 5) is 25.0. The molecule has 0 radical (unpaired) electrons. The molecule has 1 aromatic heterocycles. The van der Waals surface area contributed by atoms with Gasteiger partial charge in [0.05, 0.1) is 6.04 Å². The number of likely N-dealkylation sites (tertiary alicyclic amines) is 1. The highest BCUT2D eigenvalue weighted by atomic mass is 16.6. The minimum atomic E-state index is -1.06. The zero-order valence-corrected chi connectivity index (χ0v) is 15.6. The van der Waals surface area contributed by atoms with Gasteiger partial charge in [0.15, 0.2) is 5.69 Å². The summed E-state index contributed by atoms with van der Waals surface area (Å²) < 4.78 is 7.23. The monoisotopic (exact) mass is 389 g/mol. The number of carboxylic acids is 1. The average molecular weight is 389 g/mol. The molecule has 1 amide bonds. The molecule has 2 aromatic carbocycles. The molecular weight excluding hydrogens is 370 g/mol. The third-order valence-corrected chi connectivity index (χ3v) is 5.66. The zero-order valence-electron chi connectivity index (χ0n) is 15.6. The van der Waals surface area contributed by atoms with Gasteiger partial charge in [0.2, 0.25) is 0 Å². The molecule has 1 aliphatic heterocycles. The summed E-state index contributed by atoms with van der Waals surface area (Å²) in [7, 11) is 0. The second-order valence-electron chi connectivity index (χ2n) is 7.35. The molecule has 7 nitrogen and oxygen atoms in total. The first-order valence-corrected chi connectivity index (χ1v) is 9.50. The van der Waals surface area contributed by atoms with Gasteiger partial charge in [-0.05, 0) is 28.3 Å². The molecule has 2 aliphatic rings. The van der Waals surface area contributed by atoms with Crippen LogP contribution in [0.3, 0.4) is 0 Å². The molecule has 0 saturated carbocycles. The van der Waals surface area contributed by atoms with E-state index in [1.165, 1.54) is 28.3 Å². The van der Waals surface area contributed by atoms with Crippen molar-refractivity contribution in [2.75, 3.05) is 19.7 Å². The van der Waals surface area contributed by atoms with Gasteiger partial charge in [-0.15, -0.1) is 0 Å². The maximum Gasteiger partial charge on any atom is 0.409 e. The summed E-state index contributed by atoms with van der Waals surface area (Å²) in [5.74, 6) is -1.02. The molecule has 1 saturated heterocycles. The molecule has 0 unspecified atom stereocenters. The number of carbonyl (C=O) groups excluding carboxylic acids is 1. The molecule has 3 aromatic rings. The summed E-state index contributed by atoms with van der Waals surface area (Å²) >= 11 is 0. The van der Waals surface area contributed by atoms with E-state index < -0.39 is 5.97 Å². The van der Waals surface area contributed by atoms with E-state index in [2.05, 4.69) is 29.4 Å². The van der Waals surface area contributed by atoms with Crippen molar-refractivity contribution in [1.82, 2.24) is 14.7 Å². The number of ether oxygens (including phenoxy) is 1. The summed E-state index contributed by atoms with van der Waals surface area (Å²) in [6.07, 6.45) is 1.28. The lowest BCUT2D eigenvalue weighted by Gasteiger charge is -2.38. The smallest absolute Gasteiger partial charge is 0.409 e. The Morgan fingerprint density at radius 1 is 1.00 bits per heavy atom. The van der Waals surface area contributed by atoms with E-state index in [9.17, 15) is 9.59 Å². The lowest BCUT2D eigenvalue weighted by atomic mass is 9.98. The SMILES string of the molecule is O=C(O)c1ccn(C2CN(C(=O)OCC3c4ccccc4-c4ccccc43)C2)n1. The first kappa shape index (κ1) is 17.5. The second kappa shape index (κ2) is 6.77. The Morgan fingerprint density at radius 2 is 1.62 bits per heavy atom. The number of rotatable bonds is 4. The molecule has 7 heteroatoms. The van der Waals surface area contributed by atoms with Crippen LogP contribution in [0.5, 0.6) is 0 Å². The van der Waals surface area contributed by atoms with Crippen LogP contribution in [-0.4, -0.2) is 51.5 Å². The fraction of sp³-hybridized carbons (Fsp3) is 0.227. The first-order valence-electron chi connectivity index (χ1n) is 9.50. The molecule has 29 heavy (non-hydrogen) atoms. The van der Waals surface area contributed by atoms with E-state index in [4.69, 9.17) is 9.84 Å². The molecule has 0 spiro atoms. The van der Waals surface area contributed by atoms with Crippen molar-refractivity contribution in [1.29, 1.82) is 0 Å². The molecule has 5 rings (SSSR count). The van der Waals surface area contributed by atoms with E-state index in [1.54, 1.807) is 15.8 Å². The highest BCUT2D eigenvalue weighted by Crippen LogP contribution is 2.44. The fourth-order valence-corrected chi connectivity index (χ4v) is 4.11. The average Bonchev–Trinajstić information content (AvgIpc) is 3.29. The minimum Gasteiger partial charge on any atom is -0.476 e. The number of hydrogen-bond acceptors (Lipinski definition) is 4.